The Balaban J connectivity index is 1.57. The minimum absolute atomic E-state index is 0.643. The second-order valence-corrected chi connectivity index (χ2v) is 10.8. The normalized spacial score (nSPS) is 13.1. The van der Waals surface area contributed by atoms with Gasteiger partial charge >= 0.3 is 0 Å². The van der Waals surface area contributed by atoms with E-state index in [1.165, 1.54) is 0 Å². The van der Waals surface area contributed by atoms with Crippen LogP contribution in [0.3, 0.4) is 0 Å². The van der Waals surface area contributed by atoms with Gasteiger partial charge in [-0.15, -0.1) is 10.2 Å². The molecule has 0 saturated heterocycles. The van der Waals surface area contributed by atoms with Crippen molar-refractivity contribution in [1.82, 2.24) is 24.1 Å². The van der Waals surface area contributed by atoms with Gasteiger partial charge < -0.3 is 9.67 Å². The van der Waals surface area contributed by atoms with Crippen molar-refractivity contribution in [2.45, 2.75) is 12.5 Å². The van der Waals surface area contributed by atoms with E-state index in [0.717, 1.165) is 55.8 Å². The van der Waals surface area contributed by atoms with E-state index in [4.69, 9.17) is 11.6 Å². The van der Waals surface area contributed by atoms with Crippen LogP contribution in [0.5, 0.6) is 0 Å². The van der Waals surface area contributed by atoms with Crippen molar-refractivity contribution < 1.29 is 5.11 Å². The second kappa shape index (κ2) is 9.70. The summed E-state index contributed by atoms with van der Waals surface area (Å²) >= 11 is 6.45. The maximum atomic E-state index is 12.6. The molecule has 0 aliphatic carbocycles. The van der Waals surface area contributed by atoms with Crippen molar-refractivity contribution in [2.24, 2.45) is 7.05 Å². The highest BCUT2D eigenvalue weighted by Crippen LogP contribution is 2.40. The summed E-state index contributed by atoms with van der Waals surface area (Å²) in [5, 5.41) is 23.3. The molecule has 0 aliphatic heterocycles. The van der Waals surface area contributed by atoms with E-state index in [1.54, 1.807) is 12.5 Å². The van der Waals surface area contributed by atoms with Crippen LogP contribution in [-0.4, -0.2) is 29.3 Å². The monoisotopic (exact) mass is 555 g/mol. The number of aliphatic hydroxyl groups is 1. The second-order valence-electron chi connectivity index (χ2n) is 10.3. The van der Waals surface area contributed by atoms with Crippen LogP contribution in [0.1, 0.15) is 22.4 Å². The first-order chi connectivity index (χ1) is 19.9. The maximum Gasteiger partial charge on any atom is 0.168 e. The molecule has 1 atom stereocenters. The molecule has 1 N–H and O–H groups in total. The number of imidazole rings is 1. The maximum absolute atomic E-state index is 12.6. The standard InChI is InChI=1S/C34H26ClN5O/c1-22-11-13-25(14-12-22)34(41,31-20-36-21-39(31)2)26-15-16-30-29(18-26)28(24-9-6-10-27(35)17-24)19-32-37-38-33(40(30)32)23-7-4-3-5-8-23/h3-21,41H,1-2H3. The first kappa shape index (κ1) is 25.2. The highest BCUT2D eigenvalue weighted by Gasteiger charge is 2.37. The van der Waals surface area contributed by atoms with Gasteiger partial charge in [0.25, 0.3) is 0 Å². The molecule has 3 aromatic heterocycles. The van der Waals surface area contributed by atoms with E-state index in [-0.39, 0.29) is 0 Å². The predicted molar refractivity (Wildman–Crippen MR) is 163 cm³/mol. The van der Waals surface area contributed by atoms with Gasteiger partial charge in [0.2, 0.25) is 0 Å². The molecule has 0 saturated carbocycles. The van der Waals surface area contributed by atoms with Crippen LogP contribution in [0.25, 0.3) is 39.1 Å². The molecule has 0 amide bonds. The zero-order valence-electron chi connectivity index (χ0n) is 22.5. The summed E-state index contributed by atoms with van der Waals surface area (Å²) in [5.41, 5.74) is 6.30. The average molecular weight is 556 g/mol. The Kier molecular flexibility index (Phi) is 5.96. The fraction of sp³-hybridized carbons (Fsp3) is 0.0882. The molecule has 41 heavy (non-hydrogen) atoms. The first-order valence-electron chi connectivity index (χ1n) is 13.3. The van der Waals surface area contributed by atoms with E-state index in [9.17, 15) is 5.11 Å². The van der Waals surface area contributed by atoms with Gasteiger partial charge in [-0.2, -0.15) is 0 Å². The molecule has 0 radical (unpaired) electrons. The van der Waals surface area contributed by atoms with Crippen molar-refractivity contribution in [1.29, 1.82) is 0 Å². The summed E-state index contributed by atoms with van der Waals surface area (Å²) in [4.78, 5) is 4.34. The Hall–Kier alpha value is -4.78. The van der Waals surface area contributed by atoms with Gasteiger partial charge in [0, 0.05) is 23.0 Å². The molecule has 1 unspecified atom stereocenters. The van der Waals surface area contributed by atoms with Crippen LogP contribution in [-0.2, 0) is 12.6 Å². The summed E-state index contributed by atoms with van der Waals surface area (Å²) in [6.07, 6.45) is 3.43. The summed E-state index contributed by atoms with van der Waals surface area (Å²) in [7, 11) is 1.90. The van der Waals surface area contributed by atoms with Crippen LogP contribution in [0.4, 0.5) is 0 Å². The minimum Gasteiger partial charge on any atom is -0.374 e. The molecule has 0 bridgehead atoms. The van der Waals surface area contributed by atoms with E-state index >= 15 is 0 Å². The van der Waals surface area contributed by atoms with Gasteiger partial charge in [-0.25, -0.2) is 4.98 Å². The van der Waals surface area contributed by atoms with Crippen molar-refractivity contribution in [3.8, 4) is 22.5 Å². The highest BCUT2D eigenvalue weighted by molar-refractivity contribution is 6.31. The third-order valence-corrected chi connectivity index (χ3v) is 7.97. The zero-order valence-corrected chi connectivity index (χ0v) is 23.3. The SMILES string of the molecule is Cc1ccc(C(O)(c2ccc3c(c2)c(-c2cccc(Cl)c2)cc2nnc(-c4ccccc4)n23)c2cncn2C)cc1. The Morgan fingerprint density at radius 2 is 1.54 bits per heavy atom. The third kappa shape index (κ3) is 4.11. The smallest absolute Gasteiger partial charge is 0.168 e. The molecule has 7 aromatic rings. The van der Waals surface area contributed by atoms with E-state index in [1.807, 2.05) is 116 Å². The molecule has 7 rings (SSSR count). The molecule has 200 valence electrons. The van der Waals surface area contributed by atoms with Gasteiger partial charge in [0.15, 0.2) is 17.1 Å². The average Bonchev–Trinajstić information content (AvgIpc) is 3.63. The molecule has 0 spiro atoms. The predicted octanol–water partition coefficient (Wildman–Crippen LogP) is 7.20. The summed E-state index contributed by atoms with van der Waals surface area (Å²) in [6.45, 7) is 2.04. The number of nitrogens with zero attached hydrogens (tertiary/aromatic N) is 5. The number of hydrogen-bond acceptors (Lipinski definition) is 4. The van der Waals surface area contributed by atoms with Crippen molar-refractivity contribution in [2.75, 3.05) is 0 Å². The Morgan fingerprint density at radius 3 is 2.27 bits per heavy atom. The van der Waals surface area contributed by atoms with Crippen LogP contribution >= 0.6 is 11.6 Å². The lowest BCUT2D eigenvalue weighted by Crippen LogP contribution is -2.31. The number of halogens is 1. The number of fused-ring (bicyclic) bond motifs is 3. The number of rotatable bonds is 5. The lowest BCUT2D eigenvalue weighted by molar-refractivity contribution is 0.117. The Morgan fingerprint density at radius 1 is 0.780 bits per heavy atom. The van der Waals surface area contributed by atoms with Crippen LogP contribution in [0, 0.1) is 6.92 Å². The number of benzene rings is 4. The minimum atomic E-state index is -1.46. The topological polar surface area (TPSA) is 68.2 Å². The lowest BCUT2D eigenvalue weighted by atomic mass is 9.82. The highest BCUT2D eigenvalue weighted by atomic mass is 35.5. The van der Waals surface area contributed by atoms with Crippen molar-refractivity contribution in [3.05, 3.63) is 143 Å². The quantitative estimate of drug-likeness (QED) is 0.244. The number of aryl methyl sites for hydroxylation is 2. The van der Waals surface area contributed by atoms with E-state index in [2.05, 4.69) is 25.6 Å². The van der Waals surface area contributed by atoms with Crippen LogP contribution in [0.15, 0.2) is 116 Å². The van der Waals surface area contributed by atoms with Gasteiger partial charge in [-0.05, 0) is 59.5 Å². The molecular weight excluding hydrogens is 530 g/mol. The van der Waals surface area contributed by atoms with Gasteiger partial charge in [-0.3, -0.25) is 4.40 Å². The first-order valence-corrected chi connectivity index (χ1v) is 13.7. The Bertz CT molecular complexity index is 2050. The van der Waals surface area contributed by atoms with Crippen LogP contribution in [0.2, 0.25) is 5.02 Å². The molecule has 7 heteroatoms. The van der Waals surface area contributed by atoms with E-state index < -0.39 is 5.60 Å². The number of hydrogen-bond donors (Lipinski definition) is 1. The molecule has 6 nitrogen and oxygen atoms in total. The summed E-state index contributed by atoms with van der Waals surface area (Å²) in [6, 6.07) is 33.9. The molecule has 0 aliphatic rings. The van der Waals surface area contributed by atoms with Crippen LogP contribution < -0.4 is 0 Å². The molecular formula is C34H26ClN5O. The zero-order chi connectivity index (χ0) is 28.1. The summed E-state index contributed by atoms with van der Waals surface area (Å²) < 4.78 is 3.93. The Labute approximate surface area is 242 Å². The largest absolute Gasteiger partial charge is 0.374 e. The fourth-order valence-corrected chi connectivity index (χ4v) is 5.83. The van der Waals surface area contributed by atoms with Crippen molar-refractivity contribution in [3.63, 3.8) is 0 Å². The number of pyridine rings is 1. The number of aromatic nitrogens is 5. The van der Waals surface area contributed by atoms with Crippen molar-refractivity contribution >= 4 is 28.2 Å². The fourth-order valence-electron chi connectivity index (χ4n) is 5.64. The lowest BCUT2D eigenvalue weighted by Gasteiger charge is -2.30. The van der Waals surface area contributed by atoms with Gasteiger partial charge in [0.05, 0.1) is 23.7 Å². The van der Waals surface area contributed by atoms with Gasteiger partial charge in [0.1, 0.15) is 0 Å². The summed E-state index contributed by atoms with van der Waals surface area (Å²) in [5.74, 6) is 0.747. The van der Waals surface area contributed by atoms with E-state index in [0.29, 0.717) is 10.7 Å². The molecule has 4 aromatic carbocycles. The molecule has 0 fully saturated rings. The molecule has 3 heterocycles. The third-order valence-electron chi connectivity index (χ3n) is 7.73. The van der Waals surface area contributed by atoms with Gasteiger partial charge in [-0.1, -0.05) is 90.0 Å².